The third-order valence-electron chi connectivity index (χ3n) is 3.32. The summed E-state index contributed by atoms with van der Waals surface area (Å²) in [6.07, 6.45) is 0.958. The number of halogens is 3. The van der Waals surface area contributed by atoms with Gasteiger partial charge in [0, 0.05) is 17.1 Å². The maximum atomic E-state index is 12.4. The van der Waals surface area contributed by atoms with Gasteiger partial charge in [-0.05, 0) is 37.1 Å². The lowest BCUT2D eigenvalue weighted by Gasteiger charge is -2.30. The Morgan fingerprint density at radius 3 is 2.80 bits per heavy atom. The number of sulfonamides is 1. The van der Waals surface area contributed by atoms with Crippen LogP contribution >= 0.6 is 39.9 Å². The molecule has 0 radical (unpaired) electrons. The zero-order chi connectivity index (χ0) is 14.0. The van der Waals surface area contributed by atoms with Gasteiger partial charge in [-0.15, -0.1) is 12.4 Å². The number of hydrogen-bond donors (Lipinski definition) is 2. The van der Waals surface area contributed by atoms with Crippen LogP contribution in [0.3, 0.4) is 0 Å². The smallest absolute Gasteiger partial charge is 0.242 e. The van der Waals surface area contributed by atoms with Crippen LogP contribution < -0.4 is 10.0 Å². The second-order valence-corrected chi connectivity index (χ2v) is 7.78. The molecule has 1 heterocycles. The predicted molar refractivity (Wildman–Crippen MR) is 87.2 cm³/mol. The molecule has 8 heteroatoms. The van der Waals surface area contributed by atoms with Gasteiger partial charge in [-0.2, -0.15) is 0 Å². The zero-order valence-corrected chi connectivity index (χ0v) is 14.9. The van der Waals surface area contributed by atoms with E-state index in [1.807, 2.05) is 0 Å². The van der Waals surface area contributed by atoms with E-state index in [0.29, 0.717) is 16.9 Å². The molecule has 0 saturated carbocycles. The van der Waals surface area contributed by atoms with Gasteiger partial charge in [-0.25, -0.2) is 13.1 Å². The van der Waals surface area contributed by atoms with Crippen LogP contribution in [0.25, 0.3) is 0 Å². The van der Waals surface area contributed by atoms with Crippen molar-refractivity contribution in [2.45, 2.75) is 24.3 Å². The molecule has 2 N–H and O–H groups in total. The molecular weight excluding hydrogens is 387 g/mol. The summed E-state index contributed by atoms with van der Waals surface area (Å²) in [7, 11) is -3.60. The first kappa shape index (κ1) is 18.2. The molecule has 0 amide bonds. The number of hydrogen-bond acceptors (Lipinski definition) is 3. The van der Waals surface area contributed by atoms with Crippen molar-refractivity contribution in [2.75, 3.05) is 13.1 Å². The van der Waals surface area contributed by atoms with Gasteiger partial charge in [-0.1, -0.05) is 34.5 Å². The molecule has 2 unspecified atom stereocenters. The lowest BCUT2D eigenvalue weighted by atomic mass is 9.96. The highest BCUT2D eigenvalue weighted by molar-refractivity contribution is 9.10. The van der Waals surface area contributed by atoms with Crippen molar-refractivity contribution in [3.05, 3.63) is 27.7 Å². The Balaban J connectivity index is 0.00000200. The molecule has 0 aromatic heterocycles. The summed E-state index contributed by atoms with van der Waals surface area (Å²) in [6.45, 7) is 3.62. The minimum absolute atomic E-state index is 0. The fourth-order valence-corrected chi connectivity index (χ4v) is 4.48. The monoisotopic (exact) mass is 402 g/mol. The summed E-state index contributed by atoms with van der Waals surface area (Å²) in [5.74, 6) is 0.307. The second kappa shape index (κ2) is 7.42. The van der Waals surface area contributed by atoms with Gasteiger partial charge >= 0.3 is 0 Å². The highest BCUT2D eigenvalue weighted by Gasteiger charge is 2.27. The molecule has 1 fully saturated rings. The third kappa shape index (κ3) is 4.32. The predicted octanol–water partition coefficient (Wildman–Crippen LogP) is 2.80. The summed E-state index contributed by atoms with van der Waals surface area (Å²) in [5.41, 5.74) is 0. The Morgan fingerprint density at radius 2 is 2.15 bits per heavy atom. The van der Waals surface area contributed by atoms with Crippen molar-refractivity contribution in [2.24, 2.45) is 5.92 Å². The van der Waals surface area contributed by atoms with E-state index in [4.69, 9.17) is 11.6 Å². The van der Waals surface area contributed by atoms with Crippen LogP contribution in [-0.4, -0.2) is 27.5 Å². The summed E-state index contributed by atoms with van der Waals surface area (Å²) >= 11 is 9.24. The van der Waals surface area contributed by atoms with E-state index in [1.54, 1.807) is 12.1 Å². The van der Waals surface area contributed by atoms with Crippen LogP contribution in [0, 0.1) is 5.92 Å². The van der Waals surface area contributed by atoms with Crippen molar-refractivity contribution in [3.63, 3.8) is 0 Å². The van der Waals surface area contributed by atoms with Crippen LogP contribution in [0.2, 0.25) is 5.02 Å². The van der Waals surface area contributed by atoms with Crippen LogP contribution in [0.4, 0.5) is 0 Å². The van der Waals surface area contributed by atoms with Gasteiger partial charge in [0.1, 0.15) is 4.90 Å². The third-order valence-corrected chi connectivity index (χ3v) is 5.78. The van der Waals surface area contributed by atoms with Crippen LogP contribution in [0.1, 0.15) is 13.3 Å². The normalized spacial score (nSPS) is 23.1. The molecule has 0 spiro atoms. The molecule has 114 valence electrons. The number of benzene rings is 1. The van der Waals surface area contributed by atoms with Gasteiger partial charge in [-0.3, -0.25) is 0 Å². The van der Waals surface area contributed by atoms with Crippen LogP contribution in [0.5, 0.6) is 0 Å². The Morgan fingerprint density at radius 1 is 1.45 bits per heavy atom. The molecule has 1 aromatic rings. The summed E-state index contributed by atoms with van der Waals surface area (Å²) in [5, 5.41) is 3.42. The maximum absolute atomic E-state index is 12.4. The lowest BCUT2D eigenvalue weighted by Crippen LogP contribution is -2.50. The van der Waals surface area contributed by atoms with Gasteiger partial charge in [0.25, 0.3) is 0 Å². The number of nitrogens with one attached hydrogen (secondary N) is 2. The number of piperidine rings is 1. The minimum atomic E-state index is -3.60. The molecule has 1 aliphatic rings. The molecule has 4 nitrogen and oxygen atoms in total. The highest BCUT2D eigenvalue weighted by atomic mass is 79.9. The first-order valence-electron chi connectivity index (χ1n) is 6.08. The quantitative estimate of drug-likeness (QED) is 0.815. The van der Waals surface area contributed by atoms with E-state index in [0.717, 1.165) is 13.0 Å². The Labute approximate surface area is 139 Å². The lowest BCUT2D eigenvalue weighted by molar-refractivity contribution is 0.327. The molecule has 2 atom stereocenters. The summed E-state index contributed by atoms with van der Waals surface area (Å²) in [6, 6.07) is 4.70. The minimum Gasteiger partial charge on any atom is -0.315 e. The number of rotatable bonds is 3. The molecule has 1 saturated heterocycles. The highest BCUT2D eigenvalue weighted by Crippen LogP contribution is 2.26. The first-order valence-corrected chi connectivity index (χ1v) is 8.73. The van der Waals surface area contributed by atoms with E-state index in [1.165, 1.54) is 6.07 Å². The largest absolute Gasteiger partial charge is 0.315 e. The van der Waals surface area contributed by atoms with Crippen LogP contribution in [0.15, 0.2) is 27.6 Å². The van der Waals surface area contributed by atoms with E-state index in [-0.39, 0.29) is 28.4 Å². The molecule has 1 aromatic carbocycles. The van der Waals surface area contributed by atoms with Crippen molar-refractivity contribution in [1.82, 2.24) is 10.0 Å². The average molecular weight is 404 g/mol. The van der Waals surface area contributed by atoms with E-state index >= 15 is 0 Å². The maximum Gasteiger partial charge on any atom is 0.242 e. The molecule has 1 aliphatic heterocycles. The average Bonchev–Trinajstić information content (AvgIpc) is 2.35. The summed E-state index contributed by atoms with van der Waals surface area (Å²) < 4.78 is 28.2. The SMILES string of the molecule is CC1CCNCC1NS(=O)(=O)c1cc(Br)ccc1Cl.Cl. The van der Waals surface area contributed by atoms with Crippen molar-refractivity contribution in [1.29, 1.82) is 0 Å². The van der Waals surface area contributed by atoms with Crippen molar-refractivity contribution in [3.8, 4) is 0 Å². The fourth-order valence-electron chi connectivity index (χ4n) is 2.09. The zero-order valence-electron chi connectivity index (χ0n) is 10.9. The molecule has 20 heavy (non-hydrogen) atoms. The Kier molecular flexibility index (Phi) is 6.76. The topological polar surface area (TPSA) is 58.2 Å². The first-order chi connectivity index (χ1) is 8.90. The van der Waals surface area contributed by atoms with Crippen molar-refractivity contribution >= 4 is 50.0 Å². The van der Waals surface area contributed by atoms with Gasteiger partial charge in [0.05, 0.1) is 5.02 Å². The fraction of sp³-hybridized carbons (Fsp3) is 0.500. The van der Waals surface area contributed by atoms with E-state index < -0.39 is 10.0 Å². The van der Waals surface area contributed by atoms with Crippen molar-refractivity contribution < 1.29 is 8.42 Å². The second-order valence-electron chi connectivity index (χ2n) is 4.77. The molecule has 0 aliphatic carbocycles. The van der Waals surface area contributed by atoms with E-state index in [9.17, 15) is 8.42 Å². The Hall–Kier alpha value is 0.150. The van der Waals surface area contributed by atoms with Gasteiger partial charge in [0.2, 0.25) is 10.0 Å². The standard InChI is InChI=1S/C12H16BrClN2O2S.ClH/c1-8-4-5-15-7-11(8)16-19(17,18)12-6-9(13)2-3-10(12)14;/h2-3,6,8,11,15-16H,4-5,7H2,1H3;1H. The summed E-state index contributed by atoms with van der Waals surface area (Å²) in [4.78, 5) is 0.112. The Bertz CT molecular complexity index is 569. The molecule has 0 bridgehead atoms. The molecular formula is C12H17BrCl2N2O2S. The van der Waals surface area contributed by atoms with Gasteiger partial charge < -0.3 is 5.32 Å². The van der Waals surface area contributed by atoms with E-state index in [2.05, 4.69) is 32.9 Å². The molecule has 2 rings (SSSR count). The van der Waals surface area contributed by atoms with Crippen LogP contribution in [-0.2, 0) is 10.0 Å². The van der Waals surface area contributed by atoms with Gasteiger partial charge in [0.15, 0.2) is 0 Å².